The zero-order chi connectivity index (χ0) is 16.3. The molecule has 0 bridgehead atoms. The van der Waals surface area contributed by atoms with Gasteiger partial charge in [0, 0.05) is 47.2 Å². The molecule has 0 atom stereocenters. The van der Waals surface area contributed by atoms with E-state index in [4.69, 9.17) is 5.11 Å². The number of aliphatic carboxylic acids is 1. The molecule has 0 saturated carbocycles. The highest BCUT2D eigenvalue weighted by molar-refractivity contribution is 6.26. The predicted octanol–water partition coefficient (Wildman–Crippen LogP) is 2.05. The van der Waals surface area contributed by atoms with Crippen LogP contribution in [0.1, 0.15) is 19.4 Å². The van der Waals surface area contributed by atoms with Gasteiger partial charge in [-0.3, -0.25) is 14.6 Å². The van der Waals surface area contributed by atoms with E-state index in [1.165, 1.54) is 13.0 Å². The van der Waals surface area contributed by atoms with Gasteiger partial charge in [0.2, 0.25) is 0 Å². The fourth-order valence-corrected chi connectivity index (χ4v) is 2.30. The first kappa shape index (κ1) is 15.6. The molecule has 0 aliphatic heterocycles. The average molecular weight is 297 g/mol. The molecule has 1 aromatic rings. The lowest BCUT2D eigenvalue weighted by Gasteiger charge is -2.18. The fourth-order valence-electron chi connectivity index (χ4n) is 2.30. The van der Waals surface area contributed by atoms with Crippen LogP contribution in [0.2, 0.25) is 0 Å². The summed E-state index contributed by atoms with van der Waals surface area (Å²) in [4.78, 5) is 39.4. The molecule has 1 N–H and O–H groups in total. The van der Waals surface area contributed by atoms with E-state index in [1.54, 1.807) is 25.4 Å². The Bertz CT molecular complexity index is 739. The molecule has 0 amide bonds. The summed E-state index contributed by atoms with van der Waals surface area (Å²) in [7, 11) is 0. The van der Waals surface area contributed by atoms with Crippen LogP contribution in [0.5, 0.6) is 0 Å². The Morgan fingerprint density at radius 2 is 1.95 bits per heavy atom. The normalized spacial score (nSPS) is 15.9. The third-order valence-corrected chi connectivity index (χ3v) is 3.55. The third kappa shape index (κ3) is 3.09. The first-order valence-corrected chi connectivity index (χ1v) is 6.71. The van der Waals surface area contributed by atoms with Gasteiger partial charge in [0.05, 0.1) is 0 Å². The predicted molar refractivity (Wildman–Crippen MR) is 80.1 cm³/mol. The van der Waals surface area contributed by atoms with Crippen LogP contribution in [-0.4, -0.2) is 27.6 Å². The quantitative estimate of drug-likeness (QED) is 0.679. The number of carboxylic acid groups (broad SMARTS) is 1. The Hall–Kier alpha value is -2.82. The summed E-state index contributed by atoms with van der Waals surface area (Å²) >= 11 is 0. The lowest BCUT2D eigenvalue weighted by molar-refractivity contribution is -0.131. The first-order valence-electron chi connectivity index (χ1n) is 6.71. The van der Waals surface area contributed by atoms with Crippen LogP contribution in [0, 0.1) is 0 Å². The molecule has 0 fully saturated rings. The summed E-state index contributed by atoms with van der Waals surface area (Å²) in [6.45, 7) is 3.13. The van der Waals surface area contributed by atoms with Crippen molar-refractivity contribution in [2.45, 2.75) is 20.3 Å². The number of hydrogen-bond donors (Lipinski definition) is 1. The van der Waals surface area contributed by atoms with E-state index in [-0.39, 0.29) is 22.7 Å². The minimum atomic E-state index is -1.16. The number of carbonyl (C=O) groups is 3. The second-order valence-electron chi connectivity index (χ2n) is 5.01. The van der Waals surface area contributed by atoms with Crippen molar-refractivity contribution in [3.63, 3.8) is 0 Å². The summed E-state index contributed by atoms with van der Waals surface area (Å²) in [6.07, 6.45) is 5.67. The molecule has 5 heteroatoms. The van der Waals surface area contributed by atoms with E-state index in [2.05, 4.69) is 4.98 Å². The molecule has 1 aromatic heterocycles. The molecule has 5 nitrogen and oxygen atoms in total. The van der Waals surface area contributed by atoms with Crippen LogP contribution >= 0.6 is 0 Å². The molecule has 112 valence electrons. The Morgan fingerprint density at radius 1 is 1.23 bits per heavy atom. The van der Waals surface area contributed by atoms with Gasteiger partial charge in [-0.15, -0.1) is 0 Å². The second-order valence-corrected chi connectivity index (χ2v) is 5.01. The SMILES string of the molecule is CC1=C(/C=C/C(=O)O)C(=O)C(C)=C(Cc2cccnc2)C1=O. The number of ketones is 2. The van der Waals surface area contributed by atoms with Crippen molar-refractivity contribution < 1.29 is 19.5 Å². The zero-order valence-electron chi connectivity index (χ0n) is 12.3. The van der Waals surface area contributed by atoms with E-state index in [1.807, 2.05) is 6.07 Å². The van der Waals surface area contributed by atoms with Gasteiger partial charge >= 0.3 is 5.97 Å². The number of nitrogens with zero attached hydrogens (tertiary/aromatic N) is 1. The molecule has 0 unspecified atom stereocenters. The second kappa shape index (κ2) is 6.30. The van der Waals surface area contributed by atoms with Gasteiger partial charge in [-0.25, -0.2) is 4.79 Å². The van der Waals surface area contributed by atoms with Crippen LogP contribution < -0.4 is 0 Å². The number of pyridine rings is 1. The van der Waals surface area contributed by atoms with Crippen molar-refractivity contribution in [3.8, 4) is 0 Å². The monoisotopic (exact) mass is 297 g/mol. The smallest absolute Gasteiger partial charge is 0.328 e. The largest absolute Gasteiger partial charge is 0.478 e. The Balaban J connectivity index is 2.38. The van der Waals surface area contributed by atoms with Gasteiger partial charge in [-0.05, 0) is 31.6 Å². The number of aromatic nitrogens is 1. The lowest BCUT2D eigenvalue weighted by Crippen LogP contribution is -2.22. The van der Waals surface area contributed by atoms with Crippen molar-refractivity contribution in [2.75, 3.05) is 0 Å². The molecule has 2 rings (SSSR count). The first-order chi connectivity index (χ1) is 10.4. The molecule has 1 aliphatic rings. The van der Waals surface area contributed by atoms with Crippen molar-refractivity contribution >= 4 is 17.5 Å². The highest BCUT2D eigenvalue weighted by Gasteiger charge is 2.28. The number of carboxylic acids is 1. The molecule has 0 radical (unpaired) electrons. The summed E-state index contributed by atoms with van der Waals surface area (Å²) in [5, 5.41) is 8.67. The average Bonchev–Trinajstić information content (AvgIpc) is 2.50. The van der Waals surface area contributed by atoms with Crippen LogP contribution in [0.4, 0.5) is 0 Å². The number of rotatable bonds is 4. The van der Waals surface area contributed by atoms with E-state index >= 15 is 0 Å². The highest BCUT2D eigenvalue weighted by atomic mass is 16.4. The third-order valence-electron chi connectivity index (χ3n) is 3.55. The maximum Gasteiger partial charge on any atom is 0.328 e. The number of carbonyl (C=O) groups excluding carboxylic acids is 2. The van der Waals surface area contributed by atoms with Gasteiger partial charge < -0.3 is 5.11 Å². The molecule has 0 spiro atoms. The van der Waals surface area contributed by atoms with Gasteiger partial charge in [0.1, 0.15) is 0 Å². The molecule has 22 heavy (non-hydrogen) atoms. The number of hydrogen-bond acceptors (Lipinski definition) is 4. The number of allylic oxidation sites excluding steroid dienone is 5. The maximum absolute atomic E-state index is 12.5. The van der Waals surface area contributed by atoms with Crippen LogP contribution in [0.15, 0.2) is 59.0 Å². The summed E-state index contributed by atoms with van der Waals surface area (Å²) in [6, 6.07) is 3.61. The lowest BCUT2D eigenvalue weighted by atomic mass is 9.83. The van der Waals surface area contributed by atoms with Crippen molar-refractivity contribution in [2.24, 2.45) is 0 Å². The summed E-state index contributed by atoms with van der Waals surface area (Å²) in [5.74, 6) is -1.71. The highest BCUT2D eigenvalue weighted by Crippen LogP contribution is 2.27. The molecular weight excluding hydrogens is 282 g/mol. The zero-order valence-corrected chi connectivity index (χ0v) is 12.3. The Morgan fingerprint density at radius 3 is 2.55 bits per heavy atom. The van der Waals surface area contributed by atoms with Gasteiger partial charge in [0.15, 0.2) is 11.6 Å². The molecule has 0 aromatic carbocycles. The van der Waals surface area contributed by atoms with Gasteiger partial charge in [0.25, 0.3) is 0 Å². The van der Waals surface area contributed by atoms with Gasteiger partial charge in [-0.2, -0.15) is 0 Å². The molecular formula is C17H15NO4. The fraction of sp³-hybridized carbons (Fsp3) is 0.176. The van der Waals surface area contributed by atoms with E-state index in [0.717, 1.165) is 11.6 Å². The van der Waals surface area contributed by atoms with Crippen molar-refractivity contribution in [3.05, 3.63) is 64.5 Å². The maximum atomic E-state index is 12.5. The van der Waals surface area contributed by atoms with Gasteiger partial charge in [-0.1, -0.05) is 6.07 Å². The number of Topliss-reactive ketones (excluding diaryl/α,β-unsaturated/α-hetero) is 2. The minimum Gasteiger partial charge on any atom is -0.478 e. The molecule has 1 aliphatic carbocycles. The van der Waals surface area contributed by atoms with Crippen molar-refractivity contribution in [1.82, 2.24) is 4.98 Å². The van der Waals surface area contributed by atoms with E-state index in [9.17, 15) is 14.4 Å². The van der Waals surface area contributed by atoms with Crippen LogP contribution in [-0.2, 0) is 20.8 Å². The Kier molecular flexibility index (Phi) is 4.46. The van der Waals surface area contributed by atoms with Crippen LogP contribution in [0.3, 0.4) is 0 Å². The molecule has 1 heterocycles. The van der Waals surface area contributed by atoms with E-state index in [0.29, 0.717) is 17.6 Å². The Labute approximate surface area is 127 Å². The van der Waals surface area contributed by atoms with Crippen LogP contribution in [0.25, 0.3) is 0 Å². The molecule has 0 saturated heterocycles. The summed E-state index contributed by atoms with van der Waals surface area (Å²) < 4.78 is 0. The minimum absolute atomic E-state index is 0.139. The van der Waals surface area contributed by atoms with Crippen molar-refractivity contribution in [1.29, 1.82) is 0 Å². The van der Waals surface area contributed by atoms with E-state index < -0.39 is 5.97 Å². The standard InChI is InChI=1S/C17H15NO4/c1-10-13(5-6-15(19)20)16(21)11(2)14(17(10)22)8-12-4-3-7-18-9-12/h3-7,9H,8H2,1-2H3,(H,19,20)/b6-5+. The summed E-state index contributed by atoms with van der Waals surface area (Å²) in [5.41, 5.74) is 2.04. The topological polar surface area (TPSA) is 84.3 Å².